The van der Waals surface area contributed by atoms with Crippen molar-refractivity contribution in [2.75, 3.05) is 0 Å². The van der Waals surface area contributed by atoms with Gasteiger partial charge in [-0.1, -0.05) is 6.58 Å². The Morgan fingerprint density at radius 2 is 2.38 bits per heavy atom. The number of carbonyl (C=O) groups is 1. The van der Waals surface area contributed by atoms with Crippen LogP contribution in [0.2, 0.25) is 0 Å². The number of aliphatic imine (C=N–C) groups is 2. The highest BCUT2D eigenvalue weighted by Crippen LogP contribution is 1.92. The fraction of sp³-hybridized carbons (Fsp3) is 0. The third-order valence-electron chi connectivity index (χ3n) is 0.747. The quantitative estimate of drug-likeness (QED) is 0.408. The number of carbonyl (C=O) groups excluding carboxylic acids is 1. The molecule has 3 heteroatoms. The minimum atomic E-state index is -0.306. The lowest BCUT2D eigenvalue weighted by Crippen LogP contribution is -2.02. The van der Waals surface area contributed by atoms with Gasteiger partial charge in [0.1, 0.15) is 6.34 Å². The van der Waals surface area contributed by atoms with Gasteiger partial charge in [0, 0.05) is 6.21 Å². The maximum Gasteiger partial charge on any atom is 0.279 e. The summed E-state index contributed by atoms with van der Waals surface area (Å²) in [6.07, 6.45) is 2.59. The van der Waals surface area contributed by atoms with Crippen LogP contribution in [-0.2, 0) is 4.79 Å². The summed E-state index contributed by atoms with van der Waals surface area (Å²) < 4.78 is 0. The predicted molar refractivity (Wildman–Crippen MR) is 31.1 cm³/mol. The van der Waals surface area contributed by atoms with Crippen molar-refractivity contribution in [3.8, 4) is 0 Å². The number of nitrogens with zero attached hydrogens (tertiary/aromatic N) is 2. The van der Waals surface area contributed by atoms with Crippen molar-refractivity contribution in [1.29, 1.82) is 0 Å². The third kappa shape index (κ3) is 0.703. The highest BCUT2D eigenvalue weighted by molar-refractivity contribution is 6.17. The molecule has 3 nitrogen and oxygen atoms in total. The SMILES string of the molecule is C=C1C=NC=NC1=O. The Hall–Kier alpha value is -1.25. The van der Waals surface area contributed by atoms with Gasteiger partial charge in [-0.15, -0.1) is 0 Å². The van der Waals surface area contributed by atoms with Crippen molar-refractivity contribution in [3.63, 3.8) is 0 Å². The van der Waals surface area contributed by atoms with Crippen LogP contribution in [0.1, 0.15) is 0 Å². The molecule has 0 spiro atoms. The molecule has 1 heterocycles. The lowest BCUT2D eigenvalue weighted by molar-refractivity contribution is -0.113. The summed E-state index contributed by atoms with van der Waals surface area (Å²) in [4.78, 5) is 17.3. The van der Waals surface area contributed by atoms with E-state index in [4.69, 9.17) is 0 Å². The Morgan fingerprint density at radius 1 is 1.62 bits per heavy atom. The van der Waals surface area contributed by atoms with Crippen LogP contribution in [0.4, 0.5) is 0 Å². The van der Waals surface area contributed by atoms with Crippen LogP contribution in [0.5, 0.6) is 0 Å². The first-order chi connectivity index (χ1) is 3.80. The zero-order chi connectivity index (χ0) is 5.98. The first kappa shape index (κ1) is 4.90. The maximum absolute atomic E-state index is 10.4. The molecule has 1 amide bonds. The van der Waals surface area contributed by atoms with Gasteiger partial charge in [-0.25, -0.2) is 4.99 Å². The predicted octanol–water partition coefficient (Wildman–Crippen LogP) is 0.182. The van der Waals surface area contributed by atoms with Crippen LogP contribution in [0.15, 0.2) is 22.1 Å². The van der Waals surface area contributed by atoms with E-state index in [1.165, 1.54) is 12.6 Å². The van der Waals surface area contributed by atoms with Gasteiger partial charge < -0.3 is 0 Å². The van der Waals surface area contributed by atoms with Crippen molar-refractivity contribution in [1.82, 2.24) is 0 Å². The van der Waals surface area contributed by atoms with E-state index in [2.05, 4.69) is 16.6 Å². The van der Waals surface area contributed by atoms with Crippen LogP contribution in [0, 0.1) is 0 Å². The Balaban J connectivity index is 2.89. The molecule has 8 heavy (non-hydrogen) atoms. The third-order valence-corrected chi connectivity index (χ3v) is 0.747. The molecule has 0 atom stereocenters. The molecule has 0 unspecified atom stereocenters. The van der Waals surface area contributed by atoms with Crippen LogP contribution >= 0.6 is 0 Å². The fourth-order valence-electron chi connectivity index (χ4n) is 0.347. The molecule has 0 N–H and O–H groups in total. The van der Waals surface area contributed by atoms with Gasteiger partial charge >= 0.3 is 0 Å². The second-order valence-corrected chi connectivity index (χ2v) is 1.35. The largest absolute Gasteiger partial charge is 0.279 e. The Labute approximate surface area is 46.5 Å². The summed E-state index contributed by atoms with van der Waals surface area (Å²) in [5, 5.41) is 0. The maximum atomic E-state index is 10.4. The molecule has 0 aliphatic carbocycles. The first-order valence-electron chi connectivity index (χ1n) is 2.09. The molecule has 0 radical (unpaired) electrons. The van der Waals surface area contributed by atoms with Crippen molar-refractivity contribution in [2.24, 2.45) is 9.98 Å². The highest BCUT2D eigenvalue weighted by Gasteiger charge is 2.02. The molecule has 0 aromatic carbocycles. The number of rotatable bonds is 0. The van der Waals surface area contributed by atoms with E-state index in [0.717, 1.165) is 0 Å². The average molecular weight is 108 g/mol. The molecular weight excluding hydrogens is 104 g/mol. The molecule has 1 aliphatic heterocycles. The summed E-state index contributed by atoms with van der Waals surface area (Å²) in [7, 11) is 0. The fourth-order valence-corrected chi connectivity index (χ4v) is 0.347. The van der Waals surface area contributed by atoms with Crippen molar-refractivity contribution in [2.45, 2.75) is 0 Å². The van der Waals surface area contributed by atoms with Crippen molar-refractivity contribution < 1.29 is 4.79 Å². The lowest BCUT2D eigenvalue weighted by atomic mass is 10.3. The summed E-state index contributed by atoms with van der Waals surface area (Å²) in [6, 6.07) is 0. The van der Waals surface area contributed by atoms with Gasteiger partial charge in [0.25, 0.3) is 5.91 Å². The van der Waals surface area contributed by atoms with Crippen LogP contribution in [-0.4, -0.2) is 18.5 Å². The summed E-state index contributed by atoms with van der Waals surface area (Å²) in [5.74, 6) is -0.306. The lowest BCUT2D eigenvalue weighted by Gasteiger charge is -1.92. The molecule has 0 aromatic heterocycles. The smallest absolute Gasteiger partial charge is 0.267 e. The second kappa shape index (κ2) is 1.69. The Kier molecular flexibility index (Phi) is 1.04. The number of amides is 1. The number of hydrogen-bond donors (Lipinski definition) is 0. The van der Waals surface area contributed by atoms with Gasteiger partial charge in [0.2, 0.25) is 0 Å². The normalized spacial score (nSPS) is 17.5. The minimum Gasteiger partial charge on any atom is -0.267 e. The van der Waals surface area contributed by atoms with E-state index in [9.17, 15) is 4.79 Å². The molecule has 1 rings (SSSR count). The van der Waals surface area contributed by atoms with E-state index in [1.807, 2.05) is 0 Å². The van der Waals surface area contributed by atoms with Crippen molar-refractivity contribution >= 4 is 18.5 Å². The molecule has 0 fully saturated rings. The highest BCUT2D eigenvalue weighted by atomic mass is 16.1. The Bertz CT molecular complexity index is 169. The summed E-state index contributed by atoms with van der Waals surface area (Å²) >= 11 is 0. The van der Waals surface area contributed by atoms with E-state index >= 15 is 0 Å². The molecular formula is C5H4N2O. The van der Waals surface area contributed by atoms with Crippen molar-refractivity contribution in [3.05, 3.63) is 12.2 Å². The van der Waals surface area contributed by atoms with E-state index in [0.29, 0.717) is 5.57 Å². The summed E-state index contributed by atoms with van der Waals surface area (Å²) in [5.41, 5.74) is 0.340. The van der Waals surface area contributed by atoms with Gasteiger partial charge in [0.05, 0.1) is 5.57 Å². The van der Waals surface area contributed by atoms with E-state index < -0.39 is 0 Å². The molecule has 0 aromatic rings. The zero-order valence-corrected chi connectivity index (χ0v) is 4.16. The van der Waals surface area contributed by atoms with Gasteiger partial charge in [0.15, 0.2) is 0 Å². The van der Waals surface area contributed by atoms with Crippen LogP contribution in [0.25, 0.3) is 0 Å². The van der Waals surface area contributed by atoms with Crippen LogP contribution in [0.3, 0.4) is 0 Å². The zero-order valence-electron chi connectivity index (χ0n) is 4.16. The molecule has 1 aliphatic rings. The van der Waals surface area contributed by atoms with Gasteiger partial charge in [-0.3, -0.25) is 4.79 Å². The van der Waals surface area contributed by atoms with E-state index in [-0.39, 0.29) is 5.91 Å². The first-order valence-corrected chi connectivity index (χ1v) is 2.09. The van der Waals surface area contributed by atoms with E-state index in [1.54, 1.807) is 0 Å². The topological polar surface area (TPSA) is 41.8 Å². The standard InChI is InChI=1S/C5H4N2O/c1-4-2-6-3-7-5(4)8/h2-3H,1H2. The minimum absolute atomic E-state index is 0.306. The van der Waals surface area contributed by atoms with Crippen LogP contribution < -0.4 is 0 Å². The average Bonchev–Trinajstić information content (AvgIpc) is 1.77. The Morgan fingerprint density at radius 3 is 2.75 bits per heavy atom. The van der Waals surface area contributed by atoms with Gasteiger partial charge in [-0.2, -0.15) is 4.99 Å². The number of hydrogen-bond acceptors (Lipinski definition) is 2. The molecule has 0 saturated carbocycles. The second-order valence-electron chi connectivity index (χ2n) is 1.35. The molecule has 0 bridgehead atoms. The molecule has 0 saturated heterocycles. The molecule has 40 valence electrons. The monoisotopic (exact) mass is 108 g/mol. The van der Waals surface area contributed by atoms with Gasteiger partial charge in [-0.05, 0) is 0 Å². The summed E-state index contributed by atoms with van der Waals surface area (Å²) in [6.45, 7) is 3.38.